The lowest BCUT2D eigenvalue weighted by Gasteiger charge is -2.17. The number of ether oxygens (including phenoxy) is 2. The minimum absolute atomic E-state index is 0.201. The highest BCUT2D eigenvalue weighted by Gasteiger charge is 2.16. The third-order valence-corrected chi connectivity index (χ3v) is 3.06. The van der Waals surface area contributed by atoms with Gasteiger partial charge in [0, 0.05) is 23.2 Å². The molecule has 112 valence electrons. The van der Waals surface area contributed by atoms with Crippen molar-refractivity contribution in [3.05, 3.63) is 22.7 Å². The summed E-state index contributed by atoms with van der Waals surface area (Å²) >= 11 is 6.06. The third kappa shape index (κ3) is 4.58. The molecule has 0 aliphatic heterocycles. The van der Waals surface area contributed by atoms with E-state index in [9.17, 15) is 4.79 Å². The Balaban J connectivity index is 2.97. The van der Waals surface area contributed by atoms with Crippen LogP contribution < -0.4 is 20.5 Å². The van der Waals surface area contributed by atoms with Gasteiger partial charge in [-0.3, -0.25) is 4.79 Å². The molecule has 20 heavy (non-hydrogen) atoms. The van der Waals surface area contributed by atoms with E-state index in [0.29, 0.717) is 23.1 Å². The van der Waals surface area contributed by atoms with E-state index in [0.717, 1.165) is 12.1 Å². The molecule has 0 saturated heterocycles. The Kier molecular flexibility index (Phi) is 6.61. The minimum Gasteiger partial charge on any atom is -0.493 e. The van der Waals surface area contributed by atoms with Crippen molar-refractivity contribution in [1.82, 2.24) is 5.32 Å². The van der Waals surface area contributed by atoms with Gasteiger partial charge in [0.05, 0.1) is 19.6 Å². The molecule has 0 aromatic heterocycles. The number of carbonyl (C=O) groups excluding carboxylic acids is 1. The fourth-order valence-corrected chi connectivity index (χ4v) is 1.85. The molecule has 0 saturated carbocycles. The minimum atomic E-state index is -0.397. The smallest absolute Gasteiger partial charge is 0.223 e. The zero-order chi connectivity index (χ0) is 15.1. The summed E-state index contributed by atoms with van der Waals surface area (Å²) in [7, 11) is 1.55. The van der Waals surface area contributed by atoms with Crippen LogP contribution >= 0.6 is 11.6 Å². The van der Waals surface area contributed by atoms with Crippen molar-refractivity contribution in [2.75, 3.05) is 20.3 Å². The van der Waals surface area contributed by atoms with Gasteiger partial charge in [-0.2, -0.15) is 0 Å². The van der Waals surface area contributed by atoms with Gasteiger partial charge in [0.2, 0.25) is 5.91 Å². The van der Waals surface area contributed by atoms with E-state index in [1.807, 2.05) is 13.0 Å². The molecular formula is C14H21ClN2O3. The van der Waals surface area contributed by atoms with Gasteiger partial charge in [-0.15, -0.1) is 0 Å². The lowest BCUT2D eigenvalue weighted by atomic mass is 10.1. The van der Waals surface area contributed by atoms with E-state index in [-0.39, 0.29) is 12.5 Å². The molecule has 1 rings (SSSR count). The lowest BCUT2D eigenvalue weighted by molar-refractivity contribution is -0.122. The third-order valence-electron chi connectivity index (χ3n) is 2.85. The number of primary amides is 1. The fraction of sp³-hybridized carbons (Fsp3) is 0.500. The first-order chi connectivity index (χ1) is 9.49. The van der Waals surface area contributed by atoms with Crippen molar-refractivity contribution < 1.29 is 14.3 Å². The molecular weight excluding hydrogens is 280 g/mol. The number of hydrogen-bond acceptors (Lipinski definition) is 4. The molecule has 1 aromatic carbocycles. The summed E-state index contributed by atoms with van der Waals surface area (Å²) in [6.45, 7) is 5.36. The molecule has 0 aliphatic rings. The predicted molar refractivity (Wildman–Crippen MR) is 79.2 cm³/mol. The summed E-state index contributed by atoms with van der Waals surface area (Å²) in [5, 5.41) is 3.78. The lowest BCUT2D eigenvalue weighted by Crippen LogP contribution is -2.26. The SMILES string of the molecule is CCNCc1cc(Cl)cc(OC)c1OCC(C)C(N)=O. The van der Waals surface area contributed by atoms with Gasteiger partial charge in [-0.25, -0.2) is 0 Å². The van der Waals surface area contributed by atoms with Crippen LogP contribution in [0.15, 0.2) is 12.1 Å². The number of hydrogen-bond donors (Lipinski definition) is 2. The molecule has 0 spiro atoms. The first-order valence-corrected chi connectivity index (χ1v) is 6.86. The van der Waals surface area contributed by atoms with Gasteiger partial charge in [-0.1, -0.05) is 25.4 Å². The summed E-state index contributed by atoms with van der Waals surface area (Å²) < 4.78 is 11.0. The van der Waals surface area contributed by atoms with Gasteiger partial charge in [0.15, 0.2) is 11.5 Å². The van der Waals surface area contributed by atoms with Crippen molar-refractivity contribution >= 4 is 17.5 Å². The Morgan fingerprint density at radius 3 is 2.75 bits per heavy atom. The van der Waals surface area contributed by atoms with Crippen molar-refractivity contribution in [2.45, 2.75) is 20.4 Å². The maximum absolute atomic E-state index is 11.1. The molecule has 1 atom stereocenters. The van der Waals surface area contributed by atoms with Crippen LogP contribution in [-0.2, 0) is 11.3 Å². The van der Waals surface area contributed by atoms with Crippen LogP contribution in [0.3, 0.4) is 0 Å². The second-order valence-corrected chi connectivity index (χ2v) is 4.93. The maximum atomic E-state index is 11.1. The molecule has 0 fully saturated rings. The number of carbonyl (C=O) groups is 1. The summed E-state index contributed by atoms with van der Waals surface area (Å²) in [5.74, 6) is 0.363. The molecule has 5 nitrogen and oxygen atoms in total. The highest BCUT2D eigenvalue weighted by Crippen LogP contribution is 2.35. The van der Waals surface area contributed by atoms with Crippen LogP contribution in [0.1, 0.15) is 19.4 Å². The number of methoxy groups -OCH3 is 1. The van der Waals surface area contributed by atoms with E-state index in [1.54, 1.807) is 20.1 Å². The molecule has 3 N–H and O–H groups in total. The number of rotatable bonds is 8. The molecule has 1 unspecified atom stereocenters. The van der Waals surface area contributed by atoms with Crippen molar-refractivity contribution in [2.24, 2.45) is 11.7 Å². The predicted octanol–water partition coefficient (Wildman–Crippen LogP) is 1.96. The van der Waals surface area contributed by atoms with E-state index in [2.05, 4.69) is 5.32 Å². The van der Waals surface area contributed by atoms with Crippen molar-refractivity contribution in [3.63, 3.8) is 0 Å². The Morgan fingerprint density at radius 2 is 2.20 bits per heavy atom. The number of halogens is 1. The molecule has 0 aliphatic carbocycles. The van der Waals surface area contributed by atoms with Gasteiger partial charge in [0.1, 0.15) is 0 Å². The van der Waals surface area contributed by atoms with Gasteiger partial charge in [0.25, 0.3) is 0 Å². The molecule has 0 bridgehead atoms. The topological polar surface area (TPSA) is 73.6 Å². The summed E-state index contributed by atoms with van der Waals surface area (Å²) in [6.07, 6.45) is 0. The quantitative estimate of drug-likeness (QED) is 0.770. The Labute approximate surface area is 124 Å². The summed E-state index contributed by atoms with van der Waals surface area (Å²) in [5.41, 5.74) is 6.11. The second kappa shape index (κ2) is 7.97. The van der Waals surface area contributed by atoms with Gasteiger partial charge < -0.3 is 20.5 Å². The van der Waals surface area contributed by atoms with Crippen LogP contribution in [-0.4, -0.2) is 26.2 Å². The van der Waals surface area contributed by atoms with Crippen LogP contribution in [0.5, 0.6) is 11.5 Å². The average Bonchev–Trinajstić information content (AvgIpc) is 2.42. The molecule has 0 radical (unpaired) electrons. The van der Waals surface area contributed by atoms with Crippen molar-refractivity contribution in [3.8, 4) is 11.5 Å². The highest BCUT2D eigenvalue weighted by molar-refractivity contribution is 6.30. The van der Waals surface area contributed by atoms with Crippen LogP contribution in [0, 0.1) is 5.92 Å². The maximum Gasteiger partial charge on any atom is 0.223 e. The average molecular weight is 301 g/mol. The number of amides is 1. The van der Waals surface area contributed by atoms with Gasteiger partial charge in [-0.05, 0) is 12.6 Å². The highest BCUT2D eigenvalue weighted by atomic mass is 35.5. The first-order valence-electron chi connectivity index (χ1n) is 6.48. The number of nitrogens with two attached hydrogens (primary N) is 1. The van der Waals surface area contributed by atoms with Gasteiger partial charge >= 0.3 is 0 Å². The van der Waals surface area contributed by atoms with Crippen LogP contribution in [0.25, 0.3) is 0 Å². The van der Waals surface area contributed by atoms with E-state index in [1.165, 1.54) is 0 Å². The molecule has 1 aromatic rings. The zero-order valence-electron chi connectivity index (χ0n) is 12.0. The zero-order valence-corrected chi connectivity index (χ0v) is 12.8. The van der Waals surface area contributed by atoms with Crippen molar-refractivity contribution in [1.29, 1.82) is 0 Å². The normalized spacial score (nSPS) is 12.0. The molecule has 6 heteroatoms. The Morgan fingerprint density at radius 1 is 1.50 bits per heavy atom. The number of benzene rings is 1. The van der Waals surface area contributed by atoms with Crippen LogP contribution in [0.2, 0.25) is 5.02 Å². The fourth-order valence-electron chi connectivity index (χ4n) is 1.62. The van der Waals surface area contributed by atoms with Crippen LogP contribution in [0.4, 0.5) is 0 Å². The van der Waals surface area contributed by atoms with E-state index in [4.69, 9.17) is 26.8 Å². The Bertz CT molecular complexity index is 466. The monoisotopic (exact) mass is 300 g/mol. The summed E-state index contributed by atoms with van der Waals surface area (Å²) in [4.78, 5) is 11.1. The second-order valence-electron chi connectivity index (χ2n) is 4.49. The molecule has 0 heterocycles. The van der Waals surface area contributed by atoms with E-state index >= 15 is 0 Å². The molecule has 1 amide bonds. The number of nitrogens with one attached hydrogen (secondary N) is 1. The Hall–Kier alpha value is -1.46. The standard InChI is InChI=1S/C14H21ClN2O3/c1-4-17-7-10-5-11(15)6-12(19-3)13(10)20-8-9(2)14(16)18/h5-6,9,17H,4,7-8H2,1-3H3,(H2,16,18). The first kappa shape index (κ1) is 16.6. The van der Waals surface area contributed by atoms with E-state index < -0.39 is 5.91 Å². The summed E-state index contributed by atoms with van der Waals surface area (Å²) in [6, 6.07) is 3.50. The largest absolute Gasteiger partial charge is 0.493 e.